The van der Waals surface area contributed by atoms with Gasteiger partial charge in [0, 0.05) is 12.3 Å². The van der Waals surface area contributed by atoms with Gasteiger partial charge in [-0.1, -0.05) is 95.3 Å². The smallest absolute Gasteiger partial charge is 0.427 e. The standard InChI is InChI=1S/C41H38O8/c1-27(42)45-33-17-7-28(8-18-33)29-9-19-34(20-10-29)46-38(43)48-36-23-13-31(14-24-36)41(5,6)32-15-25-37(26-16-32)49-39(44)47-35-21-11-30(12-22-35)40(2,3)4/h7-26H,1-6H3. The molecule has 0 aliphatic carbocycles. The Hall–Kier alpha value is -5.89. The Labute approximate surface area is 286 Å². The van der Waals surface area contributed by atoms with Crippen molar-refractivity contribution in [2.24, 2.45) is 0 Å². The second kappa shape index (κ2) is 14.5. The van der Waals surface area contributed by atoms with Gasteiger partial charge in [-0.05, 0) is 93.9 Å². The van der Waals surface area contributed by atoms with E-state index in [0.717, 1.165) is 27.8 Å². The first kappa shape index (κ1) is 34.4. The molecule has 0 fully saturated rings. The second-order valence-electron chi connectivity index (χ2n) is 13.0. The lowest BCUT2D eigenvalue weighted by Gasteiger charge is -2.26. The lowest BCUT2D eigenvalue weighted by atomic mass is 9.78. The van der Waals surface area contributed by atoms with Crippen LogP contribution in [0, 0.1) is 0 Å². The molecule has 0 saturated carbocycles. The molecule has 0 N–H and O–H groups in total. The summed E-state index contributed by atoms with van der Waals surface area (Å²) in [6.07, 6.45) is -1.67. The van der Waals surface area contributed by atoms with Crippen molar-refractivity contribution in [3.05, 3.63) is 138 Å². The van der Waals surface area contributed by atoms with E-state index in [-0.39, 0.29) is 11.4 Å². The Bertz CT molecular complexity index is 1900. The van der Waals surface area contributed by atoms with Crippen molar-refractivity contribution in [1.29, 1.82) is 0 Å². The fourth-order valence-corrected chi connectivity index (χ4v) is 5.09. The predicted octanol–water partition coefficient (Wildman–Crippen LogP) is 10.1. The average molecular weight is 659 g/mol. The van der Waals surface area contributed by atoms with Gasteiger partial charge in [-0.2, -0.15) is 0 Å². The Balaban J connectivity index is 1.13. The third-order valence-corrected chi connectivity index (χ3v) is 7.98. The number of esters is 1. The Morgan fingerprint density at radius 3 is 0.939 bits per heavy atom. The molecule has 49 heavy (non-hydrogen) atoms. The van der Waals surface area contributed by atoms with Crippen molar-refractivity contribution < 1.29 is 38.1 Å². The maximum atomic E-state index is 12.5. The van der Waals surface area contributed by atoms with E-state index in [4.69, 9.17) is 23.7 Å². The van der Waals surface area contributed by atoms with E-state index in [9.17, 15) is 14.4 Å². The topological polar surface area (TPSA) is 97.4 Å². The van der Waals surface area contributed by atoms with Gasteiger partial charge >= 0.3 is 18.3 Å². The summed E-state index contributed by atoms with van der Waals surface area (Å²) in [5.41, 5.74) is 4.51. The largest absolute Gasteiger partial charge is 0.519 e. The molecule has 0 aliphatic heterocycles. The molecule has 8 heteroatoms. The van der Waals surface area contributed by atoms with Gasteiger partial charge < -0.3 is 23.7 Å². The van der Waals surface area contributed by atoms with Gasteiger partial charge in [0.15, 0.2) is 0 Å². The van der Waals surface area contributed by atoms with Crippen LogP contribution in [0.3, 0.4) is 0 Å². The van der Waals surface area contributed by atoms with Crippen LogP contribution >= 0.6 is 0 Å². The van der Waals surface area contributed by atoms with Crippen LogP contribution in [0.5, 0.6) is 28.7 Å². The van der Waals surface area contributed by atoms with Gasteiger partial charge in [0.2, 0.25) is 0 Å². The SMILES string of the molecule is CC(=O)Oc1ccc(-c2ccc(OC(=O)Oc3ccc(C(C)(C)c4ccc(OC(=O)Oc5ccc(C(C)(C)C)cc5)cc4)cc3)cc2)cc1. The number of rotatable bonds is 8. The zero-order valence-corrected chi connectivity index (χ0v) is 28.3. The van der Waals surface area contributed by atoms with Gasteiger partial charge in [-0.25, -0.2) is 9.59 Å². The molecule has 5 rings (SSSR count). The molecule has 0 radical (unpaired) electrons. The maximum absolute atomic E-state index is 12.5. The predicted molar refractivity (Wildman–Crippen MR) is 187 cm³/mol. The summed E-state index contributed by atoms with van der Waals surface area (Å²) < 4.78 is 26.6. The first-order chi connectivity index (χ1) is 23.3. The van der Waals surface area contributed by atoms with Gasteiger partial charge in [0.1, 0.15) is 28.7 Å². The van der Waals surface area contributed by atoms with Crippen molar-refractivity contribution in [3.8, 4) is 39.9 Å². The summed E-state index contributed by atoms with van der Waals surface area (Å²) in [7, 11) is 0. The van der Waals surface area contributed by atoms with Gasteiger partial charge in [0.25, 0.3) is 0 Å². The first-order valence-corrected chi connectivity index (χ1v) is 15.8. The highest BCUT2D eigenvalue weighted by atomic mass is 16.7. The monoisotopic (exact) mass is 658 g/mol. The van der Waals surface area contributed by atoms with Crippen molar-refractivity contribution >= 4 is 18.3 Å². The normalized spacial score (nSPS) is 11.3. The van der Waals surface area contributed by atoms with E-state index in [1.54, 1.807) is 60.7 Å². The van der Waals surface area contributed by atoms with Crippen LogP contribution in [0.4, 0.5) is 9.59 Å². The van der Waals surface area contributed by atoms with Crippen LogP contribution in [-0.4, -0.2) is 18.3 Å². The first-order valence-electron chi connectivity index (χ1n) is 15.8. The van der Waals surface area contributed by atoms with Crippen molar-refractivity contribution in [2.75, 3.05) is 0 Å². The van der Waals surface area contributed by atoms with E-state index >= 15 is 0 Å². The summed E-state index contributed by atoms with van der Waals surface area (Å²) in [4.78, 5) is 36.0. The zero-order chi connectivity index (χ0) is 35.2. The summed E-state index contributed by atoms with van der Waals surface area (Å²) >= 11 is 0. The minimum absolute atomic E-state index is 0.0000127. The summed E-state index contributed by atoms with van der Waals surface area (Å²) in [5.74, 6) is 1.53. The number of hydrogen-bond donors (Lipinski definition) is 0. The van der Waals surface area contributed by atoms with Gasteiger partial charge in [-0.15, -0.1) is 0 Å². The molecule has 250 valence electrons. The molecule has 0 aromatic heterocycles. The fraction of sp³-hybridized carbons (Fsp3) is 0.195. The van der Waals surface area contributed by atoms with Crippen molar-refractivity contribution in [2.45, 2.75) is 52.4 Å². The van der Waals surface area contributed by atoms with Crippen LogP contribution in [0.2, 0.25) is 0 Å². The van der Waals surface area contributed by atoms with E-state index in [2.05, 4.69) is 34.6 Å². The molecule has 0 spiro atoms. The Kier molecular flexibility index (Phi) is 10.2. The highest BCUT2D eigenvalue weighted by Crippen LogP contribution is 2.34. The van der Waals surface area contributed by atoms with E-state index < -0.39 is 17.7 Å². The van der Waals surface area contributed by atoms with E-state index in [0.29, 0.717) is 28.7 Å². The minimum Gasteiger partial charge on any atom is -0.427 e. The molecule has 0 aliphatic rings. The molecule has 0 bridgehead atoms. The highest BCUT2D eigenvalue weighted by Gasteiger charge is 2.24. The van der Waals surface area contributed by atoms with Crippen LogP contribution in [0.25, 0.3) is 11.1 Å². The number of hydrogen-bond acceptors (Lipinski definition) is 8. The molecular weight excluding hydrogens is 620 g/mol. The van der Waals surface area contributed by atoms with Gasteiger partial charge in [0.05, 0.1) is 0 Å². The summed E-state index contributed by atoms with van der Waals surface area (Å²) in [6, 6.07) is 35.9. The van der Waals surface area contributed by atoms with E-state index in [1.807, 2.05) is 60.7 Å². The zero-order valence-electron chi connectivity index (χ0n) is 28.3. The fourth-order valence-electron chi connectivity index (χ4n) is 5.09. The third kappa shape index (κ3) is 9.14. The molecule has 5 aromatic carbocycles. The molecule has 8 nitrogen and oxygen atoms in total. The molecule has 0 amide bonds. The summed E-state index contributed by atoms with van der Waals surface area (Å²) in [6.45, 7) is 11.8. The highest BCUT2D eigenvalue weighted by molar-refractivity contribution is 5.71. The number of ether oxygens (including phenoxy) is 5. The van der Waals surface area contributed by atoms with Gasteiger partial charge in [-0.3, -0.25) is 4.79 Å². The quantitative estimate of drug-likeness (QED) is 0.0923. The molecule has 0 atom stereocenters. The molecule has 0 heterocycles. The third-order valence-electron chi connectivity index (χ3n) is 7.98. The molecule has 5 aromatic rings. The Morgan fingerprint density at radius 1 is 0.388 bits per heavy atom. The van der Waals surface area contributed by atoms with Crippen LogP contribution < -0.4 is 23.7 Å². The lowest BCUT2D eigenvalue weighted by molar-refractivity contribution is -0.131. The number of carbonyl (C=O) groups is 3. The Morgan fingerprint density at radius 2 is 0.653 bits per heavy atom. The molecule has 0 unspecified atom stereocenters. The van der Waals surface area contributed by atoms with Crippen LogP contribution in [-0.2, 0) is 15.6 Å². The second-order valence-corrected chi connectivity index (χ2v) is 13.0. The van der Waals surface area contributed by atoms with Crippen LogP contribution in [0.15, 0.2) is 121 Å². The number of carbonyl (C=O) groups excluding carboxylic acids is 3. The van der Waals surface area contributed by atoms with E-state index in [1.165, 1.54) is 6.92 Å². The van der Waals surface area contributed by atoms with Crippen LogP contribution in [0.1, 0.15) is 58.2 Å². The average Bonchev–Trinajstić information content (AvgIpc) is 3.05. The van der Waals surface area contributed by atoms with Crippen molar-refractivity contribution in [1.82, 2.24) is 0 Å². The molecular formula is C41H38O8. The number of benzene rings is 5. The maximum Gasteiger partial charge on any atom is 0.519 e. The molecule has 0 saturated heterocycles. The summed E-state index contributed by atoms with van der Waals surface area (Å²) in [5, 5.41) is 0. The van der Waals surface area contributed by atoms with Crippen molar-refractivity contribution in [3.63, 3.8) is 0 Å². The lowest BCUT2D eigenvalue weighted by Crippen LogP contribution is -2.19. The minimum atomic E-state index is -0.860.